The number of aliphatic hydroxyl groups is 1. The Balaban J connectivity index is 2.47. The van der Waals surface area contributed by atoms with Crippen molar-refractivity contribution in [3.8, 4) is 5.75 Å². The first kappa shape index (κ1) is 14.3. The molecule has 2 rings (SSSR count). The largest absolute Gasteiger partial charge is 0.497 e. The van der Waals surface area contributed by atoms with Gasteiger partial charge in [0.05, 0.1) is 13.2 Å². The van der Waals surface area contributed by atoms with Gasteiger partial charge in [-0.05, 0) is 31.2 Å². The lowest BCUT2D eigenvalue weighted by Gasteiger charge is -2.24. The lowest BCUT2D eigenvalue weighted by Crippen LogP contribution is -2.14. The van der Waals surface area contributed by atoms with Crippen molar-refractivity contribution in [1.82, 2.24) is 0 Å². The van der Waals surface area contributed by atoms with Crippen molar-refractivity contribution >= 4 is 11.4 Å². The van der Waals surface area contributed by atoms with Crippen molar-refractivity contribution in [3.05, 3.63) is 53.8 Å². The number of anilines is 2. The van der Waals surface area contributed by atoms with Gasteiger partial charge in [0.25, 0.3) is 0 Å². The monoisotopic (exact) mass is 275 g/mol. The van der Waals surface area contributed by atoms with E-state index in [0.717, 1.165) is 11.4 Å². The van der Waals surface area contributed by atoms with Crippen molar-refractivity contribution in [2.24, 2.45) is 0 Å². The van der Waals surface area contributed by atoms with Crippen molar-refractivity contribution in [1.29, 1.82) is 0 Å². The standard InChI is InChI=1S/C16H18FNO2/c1-11(19)16-14(17)8-5-9-15(16)18(2)12-6-4-7-13(10-12)20-3/h4-11,19H,1-3H3/t11-/m0/s1. The average Bonchev–Trinajstić information content (AvgIpc) is 2.45. The molecule has 0 saturated heterocycles. The molecule has 0 saturated carbocycles. The van der Waals surface area contributed by atoms with Gasteiger partial charge in [0.2, 0.25) is 0 Å². The van der Waals surface area contributed by atoms with Crippen LogP contribution in [0.15, 0.2) is 42.5 Å². The molecule has 0 amide bonds. The molecular weight excluding hydrogens is 257 g/mol. The summed E-state index contributed by atoms with van der Waals surface area (Å²) in [5, 5.41) is 9.79. The number of aliphatic hydroxyl groups excluding tert-OH is 1. The van der Waals surface area contributed by atoms with Gasteiger partial charge in [-0.15, -0.1) is 0 Å². The van der Waals surface area contributed by atoms with Gasteiger partial charge in [0, 0.05) is 30.1 Å². The fraction of sp³-hybridized carbons (Fsp3) is 0.250. The van der Waals surface area contributed by atoms with E-state index in [2.05, 4.69) is 0 Å². The van der Waals surface area contributed by atoms with Crippen molar-refractivity contribution in [2.75, 3.05) is 19.1 Å². The Labute approximate surface area is 118 Å². The summed E-state index contributed by atoms with van der Waals surface area (Å²) < 4.78 is 19.1. The van der Waals surface area contributed by atoms with Crippen LogP contribution in [0.3, 0.4) is 0 Å². The van der Waals surface area contributed by atoms with E-state index in [1.165, 1.54) is 6.07 Å². The maximum Gasteiger partial charge on any atom is 0.131 e. The fourth-order valence-corrected chi connectivity index (χ4v) is 2.19. The fourth-order valence-electron chi connectivity index (χ4n) is 2.19. The first-order chi connectivity index (χ1) is 9.54. The van der Waals surface area contributed by atoms with Crippen molar-refractivity contribution in [2.45, 2.75) is 13.0 Å². The number of benzene rings is 2. The molecule has 2 aromatic rings. The van der Waals surface area contributed by atoms with Crippen LogP contribution >= 0.6 is 0 Å². The highest BCUT2D eigenvalue weighted by atomic mass is 19.1. The van der Waals surface area contributed by atoms with E-state index in [1.807, 2.05) is 36.2 Å². The number of halogens is 1. The summed E-state index contributed by atoms with van der Waals surface area (Å²) in [6.07, 6.45) is -0.876. The molecule has 0 aliphatic heterocycles. The van der Waals surface area contributed by atoms with E-state index < -0.39 is 11.9 Å². The number of methoxy groups -OCH3 is 1. The second kappa shape index (κ2) is 5.92. The number of hydrogen-bond donors (Lipinski definition) is 1. The van der Waals surface area contributed by atoms with Gasteiger partial charge in [-0.3, -0.25) is 0 Å². The molecule has 106 valence electrons. The van der Waals surface area contributed by atoms with Crippen LogP contribution in [0.2, 0.25) is 0 Å². The summed E-state index contributed by atoms with van der Waals surface area (Å²) in [4.78, 5) is 1.83. The van der Waals surface area contributed by atoms with E-state index in [1.54, 1.807) is 26.2 Å². The zero-order valence-electron chi connectivity index (χ0n) is 11.8. The maximum atomic E-state index is 13.9. The lowest BCUT2D eigenvalue weighted by atomic mass is 10.1. The molecule has 3 nitrogen and oxygen atoms in total. The highest BCUT2D eigenvalue weighted by molar-refractivity contribution is 5.67. The molecular formula is C16H18FNO2. The Morgan fingerprint density at radius 3 is 2.55 bits per heavy atom. The van der Waals surface area contributed by atoms with Crippen LogP contribution in [0.1, 0.15) is 18.6 Å². The minimum atomic E-state index is -0.876. The predicted molar refractivity (Wildman–Crippen MR) is 78.1 cm³/mol. The van der Waals surface area contributed by atoms with Crippen LogP contribution in [0, 0.1) is 5.82 Å². The zero-order chi connectivity index (χ0) is 14.7. The summed E-state index contributed by atoms with van der Waals surface area (Å²) >= 11 is 0. The molecule has 0 heterocycles. The first-order valence-electron chi connectivity index (χ1n) is 6.39. The third-order valence-electron chi connectivity index (χ3n) is 3.25. The molecule has 0 bridgehead atoms. The first-order valence-corrected chi connectivity index (χ1v) is 6.39. The van der Waals surface area contributed by atoms with Gasteiger partial charge < -0.3 is 14.7 Å². The summed E-state index contributed by atoms with van der Waals surface area (Å²) in [6.45, 7) is 1.56. The van der Waals surface area contributed by atoms with Crippen LogP contribution in [0.4, 0.5) is 15.8 Å². The topological polar surface area (TPSA) is 32.7 Å². The molecule has 0 spiro atoms. The molecule has 0 radical (unpaired) electrons. The molecule has 1 N–H and O–H groups in total. The zero-order valence-corrected chi connectivity index (χ0v) is 11.8. The second-order valence-corrected chi connectivity index (χ2v) is 4.61. The summed E-state index contributed by atoms with van der Waals surface area (Å²) in [5.74, 6) is 0.316. The Hall–Kier alpha value is -2.07. The van der Waals surface area contributed by atoms with Crippen LogP contribution < -0.4 is 9.64 Å². The SMILES string of the molecule is COc1cccc(N(C)c2cccc(F)c2[C@H](C)O)c1. The van der Waals surface area contributed by atoms with E-state index in [9.17, 15) is 9.50 Å². The Morgan fingerprint density at radius 2 is 1.90 bits per heavy atom. The van der Waals surface area contributed by atoms with Gasteiger partial charge in [-0.2, -0.15) is 0 Å². The molecule has 0 aromatic heterocycles. The van der Waals surface area contributed by atoms with Gasteiger partial charge in [0.15, 0.2) is 0 Å². The third kappa shape index (κ3) is 2.75. The van der Waals surface area contributed by atoms with Crippen LogP contribution in [-0.2, 0) is 0 Å². The molecule has 4 heteroatoms. The second-order valence-electron chi connectivity index (χ2n) is 4.61. The van der Waals surface area contributed by atoms with E-state index >= 15 is 0 Å². The highest BCUT2D eigenvalue weighted by Crippen LogP contribution is 2.33. The summed E-state index contributed by atoms with van der Waals surface area (Å²) in [7, 11) is 3.43. The molecule has 0 aliphatic carbocycles. The van der Waals surface area contributed by atoms with Crippen LogP contribution in [0.25, 0.3) is 0 Å². The van der Waals surface area contributed by atoms with Gasteiger partial charge >= 0.3 is 0 Å². The number of ether oxygens (including phenoxy) is 1. The molecule has 0 fully saturated rings. The van der Waals surface area contributed by atoms with Gasteiger partial charge in [0.1, 0.15) is 11.6 Å². The molecule has 1 atom stereocenters. The van der Waals surface area contributed by atoms with Crippen molar-refractivity contribution < 1.29 is 14.2 Å². The molecule has 20 heavy (non-hydrogen) atoms. The van der Waals surface area contributed by atoms with Crippen molar-refractivity contribution in [3.63, 3.8) is 0 Å². The van der Waals surface area contributed by atoms with Crippen LogP contribution in [-0.4, -0.2) is 19.3 Å². The van der Waals surface area contributed by atoms with Gasteiger partial charge in [-0.1, -0.05) is 12.1 Å². The summed E-state index contributed by atoms with van der Waals surface area (Å²) in [5.41, 5.74) is 1.78. The summed E-state index contributed by atoms with van der Waals surface area (Å²) in [6, 6.07) is 12.2. The van der Waals surface area contributed by atoms with E-state index in [4.69, 9.17) is 4.74 Å². The number of hydrogen-bond acceptors (Lipinski definition) is 3. The van der Waals surface area contributed by atoms with E-state index in [-0.39, 0.29) is 5.56 Å². The maximum absolute atomic E-state index is 13.9. The molecule has 2 aromatic carbocycles. The Morgan fingerprint density at radius 1 is 1.20 bits per heavy atom. The Bertz CT molecular complexity index is 599. The number of rotatable bonds is 4. The van der Waals surface area contributed by atoms with Gasteiger partial charge in [-0.25, -0.2) is 4.39 Å². The molecule has 0 unspecified atom stereocenters. The minimum Gasteiger partial charge on any atom is -0.497 e. The normalized spacial score (nSPS) is 12.1. The average molecular weight is 275 g/mol. The quantitative estimate of drug-likeness (QED) is 0.924. The Kier molecular flexibility index (Phi) is 4.25. The third-order valence-corrected chi connectivity index (χ3v) is 3.25. The number of nitrogens with zero attached hydrogens (tertiary/aromatic N) is 1. The predicted octanol–water partition coefficient (Wildman–Crippen LogP) is 3.66. The van der Waals surface area contributed by atoms with E-state index in [0.29, 0.717) is 5.69 Å². The smallest absolute Gasteiger partial charge is 0.131 e. The highest BCUT2D eigenvalue weighted by Gasteiger charge is 2.17. The molecule has 0 aliphatic rings. The van der Waals surface area contributed by atoms with Crippen LogP contribution in [0.5, 0.6) is 5.75 Å². The minimum absolute atomic E-state index is 0.290. The lowest BCUT2D eigenvalue weighted by molar-refractivity contribution is 0.194.